The van der Waals surface area contributed by atoms with E-state index < -0.39 is 17.3 Å². The van der Waals surface area contributed by atoms with E-state index in [1.54, 1.807) is 6.07 Å². The number of carbonyl (C=O) groups excluding carboxylic acids is 1. The second kappa shape index (κ2) is 5.08. The van der Waals surface area contributed by atoms with Crippen molar-refractivity contribution in [2.75, 3.05) is 13.1 Å². The molecule has 2 aliphatic rings. The summed E-state index contributed by atoms with van der Waals surface area (Å²) in [6, 6.07) is 3.94. The van der Waals surface area contributed by atoms with Gasteiger partial charge in [0.2, 0.25) is 0 Å². The van der Waals surface area contributed by atoms with Crippen LogP contribution in [0.1, 0.15) is 29.5 Å². The minimum absolute atomic E-state index is 0.0834. The van der Waals surface area contributed by atoms with E-state index in [1.165, 1.54) is 13.0 Å². The Bertz CT molecular complexity index is 646. The van der Waals surface area contributed by atoms with Crippen LogP contribution in [-0.4, -0.2) is 30.4 Å². The summed E-state index contributed by atoms with van der Waals surface area (Å²) in [6.07, 6.45) is -3.31. The van der Waals surface area contributed by atoms with Crippen molar-refractivity contribution in [2.24, 2.45) is 4.99 Å². The molecule has 1 amide bonds. The first-order chi connectivity index (χ1) is 10.3. The molecule has 2 N–H and O–H groups in total. The number of alkyl halides is 3. The Kier molecular flexibility index (Phi) is 3.47. The van der Waals surface area contributed by atoms with Crippen LogP contribution in [-0.2, 0) is 11.0 Å². The molecule has 1 saturated heterocycles. The van der Waals surface area contributed by atoms with Crippen molar-refractivity contribution < 1.29 is 18.0 Å². The van der Waals surface area contributed by atoms with Crippen LogP contribution < -0.4 is 10.6 Å². The van der Waals surface area contributed by atoms with Crippen LogP contribution in [0, 0.1) is 6.92 Å². The average Bonchev–Trinajstić information content (AvgIpc) is 2.75. The molecule has 1 aromatic carbocycles. The molecule has 0 saturated carbocycles. The fourth-order valence-corrected chi connectivity index (χ4v) is 3.02. The predicted octanol–water partition coefficient (Wildman–Crippen LogP) is 2.01. The standard InChI is InChI=1S/C15H16F3N3O/c1-9-10(3-2-4-11(9)15(16,17)18)12-20-13(22)14(21-12)5-7-19-8-6-14/h2-4,19H,5-8H2,1H3,(H,20,21,22). The van der Waals surface area contributed by atoms with Crippen molar-refractivity contribution in [3.63, 3.8) is 0 Å². The third-order valence-electron chi connectivity index (χ3n) is 4.31. The van der Waals surface area contributed by atoms with Gasteiger partial charge < -0.3 is 10.6 Å². The smallest absolute Gasteiger partial charge is 0.317 e. The van der Waals surface area contributed by atoms with Gasteiger partial charge in [-0.15, -0.1) is 0 Å². The summed E-state index contributed by atoms with van der Waals surface area (Å²) < 4.78 is 39.0. The summed E-state index contributed by atoms with van der Waals surface area (Å²) in [5.41, 5.74) is -1.12. The number of benzene rings is 1. The van der Waals surface area contributed by atoms with Crippen molar-refractivity contribution in [2.45, 2.75) is 31.5 Å². The molecule has 0 unspecified atom stereocenters. The number of piperidine rings is 1. The van der Waals surface area contributed by atoms with Crippen LogP contribution in [0.25, 0.3) is 0 Å². The minimum Gasteiger partial charge on any atom is -0.317 e. The molecular weight excluding hydrogens is 295 g/mol. The number of amidine groups is 1. The van der Waals surface area contributed by atoms with E-state index in [9.17, 15) is 18.0 Å². The SMILES string of the molecule is Cc1c(C2=NC3(CCNCC3)C(=O)N2)cccc1C(F)(F)F. The molecule has 118 valence electrons. The van der Waals surface area contributed by atoms with Crippen LogP contribution in [0.15, 0.2) is 23.2 Å². The summed E-state index contributed by atoms with van der Waals surface area (Å²) in [7, 11) is 0. The van der Waals surface area contributed by atoms with E-state index >= 15 is 0 Å². The highest BCUT2D eigenvalue weighted by molar-refractivity contribution is 6.16. The lowest BCUT2D eigenvalue weighted by atomic mass is 9.89. The first-order valence-electron chi connectivity index (χ1n) is 7.13. The summed E-state index contributed by atoms with van der Waals surface area (Å²) >= 11 is 0. The first-order valence-corrected chi connectivity index (χ1v) is 7.13. The van der Waals surface area contributed by atoms with Gasteiger partial charge >= 0.3 is 6.18 Å². The molecule has 1 spiro atoms. The monoisotopic (exact) mass is 311 g/mol. The summed E-state index contributed by atoms with van der Waals surface area (Å²) in [6.45, 7) is 2.75. The maximum atomic E-state index is 13.0. The number of hydrogen-bond acceptors (Lipinski definition) is 3. The molecule has 0 atom stereocenters. The van der Waals surface area contributed by atoms with Gasteiger partial charge in [0.05, 0.1) is 5.56 Å². The molecule has 0 aromatic heterocycles. The van der Waals surface area contributed by atoms with Gasteiger partial charge in [-0.3, -0.25) is 9.79 Å². The van der Waals surface area contributed by atoms with Gasteiger partial charge in [-0.1, -0.05) is 12.1 Å². The molecule has 2 aliphatic heterocycles. The minimum atomic E-state index is -4.42. The highest BCUT2D eigenvalue weighted by Crippen LogP contribution is 2.34. The highest BCUT2D eigenvalue weighted by atomic mass is 19.4. The van der Waals surface area contributed by atoms with E-state index in [2.05, 4.69) is 15.6 Å². The lowest BCUT2D eigenvalue weighted by Gasteiger charge is -2.28. The molecule has 3 rings (SSSR count). The first kappa shape index (κ1) is 15.0. The van der Waals surface area contributed by atoms with E-state index in [4.69, 9.17) is 0 Å². The summed E-state index contributed by atoms with van der Waals surface area (Å²) in [5, 5.41) is 5.82. The second-order valence-corrected chi connectivity index (χ2v) is 5.67. The lowest BCUT2D eigenvalue weighted by molar-refractivity contribution is -0.138. The van der Waals surface area contributed by atoms with Crippen molar-refractivity contribution >= 4 is 11.7 Å². The van der Waals surface area contributed by atoms with E-state index in [1.807, 2.05) is 0 Å². The van der Waals surface area contributed by atoms with Gasteiger partial charge in [-0.05, 0) is 44.5 Å². The van der Waals surface area contributed by atoms with E-state index in [-0.39, 0.29) is 17.3 Å². The van der Waals surface area contributed by atoms with Gasteiger partial charge in [0.15, 0.2) is 0 Å². The topological polar surface area (TPSA) is 53.5 Å². The normalized spacial score (nSPS) is 20.9. The molecule has 0 bridgehead atoms. The highest BCUT2D eigenvalue weighted by Gasteiger charge is 2.45. The number of amides is 1. The molecule has 0 aliphatic carbocycles. The number of hydrogen-bond donors (Lipinski definition) is 2. The molecule has 7 heteroatoms. The van der Waals surface area contributed by atoms with E-state index in [0.717, 1.165) is 6.07 Å². The Morgan fingerprint density at radius 3 is 2.55 bits per heavy atom. The predicted molar refractivity (Wildman–Crippen MR) is 75.7 cm³/mol. The third-order valence-corrected chi connectivity index (χ3v) is 4.31. The maximum Gasteiger partial charge on any atom is 0.416 e. The molecule has 1 aromatic rings. The average molecular weight is 311 g/mol. The van der Waals surface area contributed by atoms with Crippen molar-refractivity contribution in [3.8, 4) is 0 Å². The molecular formula is C15H16F3N3O. The van der Waals surface area contributed by atoms with Gasteiger partial charge in [-0.2, -0.15) is 13.2 Å². The van der Waals surface area contributed by atoms with Gasteiger partial charge in [0.25, 0.3) is 5.91 Å². The molecule has 4 nitrogen and oxygen atoms in total. The van der Waals surface area contributed by atoms with Crippen LogP contribution in [0.2, 0.25) is 0 Å². The number of halogens is 3. The second-order valence-electron chi connectivity index (χ2n) is 5.67. The lowest BCUT2D eigenvalue weighted by Crippen LogP contribution is -2.47. The maximum absolute atomic E-state index is 13.0. The van der Waals surface area contributed by atoms with Crippen LogP contribution in [0.3, 0.4) is 0 Å². The number of aliphatic imine (C=N–C) groups is 1. The Morgan fingerprint density at radius 1 is 1.23 bits per heavy atom. The number of carbonyl (C=O) groups is 1. The zero-order chi connectivity index (χ0) is 16.0. The van der Waals surface area contributed by atoms with Crippen LogP contribution in [0.5, 0.6) is 0 Å². The Labute approximate surface area is 125 Å². The fraction of sp³-hybridized carbons (Fsp3) is 0.467. The Balaban J connectivity index is 2.02. The van der Waals surface area contributed by atoms with Gasteiger partial charge in [0.1, 0.15) is 11.4 Å². The van der Waals surface area contributed by atoms with Crippen molar-refractivity contribution in [3.05, 3.63) is 34.9 Å². The van der Waals surface area contributed by atoms with Gasteiger partial charge in [0, 0.05) is 5.56 Å². The Hall–Kier alpha value is -1.89. The van der Waals surface area contributed by atoms with Crippen LogP contribution in [0.4, 0.5) is 13.2 Å². The molecule has 0 radical (unpaired) electrons. The number of nitrogens with one attached hydrogen (secondary N) is 2. The fourth-order valence-electron chi connectivity index (χ4n) is 3.02. The third kappa shape index (κ3) is 2.39. The largest absolute Gasteiger partial charge is 0.416 e. The number of nitrogens with zero attached hydrogens (tertiary/aromatic N) is 1. The molecule has 1 fully saturated rings. The van der Waals surface area contributed by atoms with E-state index in [0.29, 0.717) is 31.5 Å². The quantitative estimate of drug-likeness (QED) is 0.833. The van der Waals surface area contributed by atoms with Gasteiger partial charge in [-0.25, -0.2) is 0 Å². The van der Waals surface area contributed by atoms with Crippen molar-refractivity contribution in [1.82, 2.24) is 10.6 Å². The van der Waals surface area contributed by atoms with Crippen molar-refractivity contribution in [1.29, 1.82) is 0 Å². The summed E-state index contributed by atoms with van der Waals surface area (Å²) in [5.74, 6) is 0.0244. The molecule has 22 heavy (non-hydrogen) atoms. The molecule has 2 heterocycles. The number of rotatable bonds is 1. The zero-order valence-corrected chi connectivity index (χ0v) is 12.0. The van der Waals surface area contributed by atoms with Crippen LogP contribution >= 0.6 is 0 Å². The Morgan fingerprint density at radius 2 is 1.91 bits per heavy atom. The summed E-state index contributed by atoms with van der Waals surface area (Å²) in [4.78, 5) is 16.7. The zero-order valence-electron chi connectivity index (χ0n) is 12.0.